The van der Waals surface area contributed by atoms with Crippen LogP contribution in [-0.4, -0.2) is 11.9 Å². The van der Waals surface area contributed by atoms with Gasteiger partial charge in [0, 0.05) is 23.6 Å². The minimum atomic E-state index is -6.13. The lowest BCUT2D eigenvalue weighted by Gasteiger charge is -2.46. The van der Waals surface area contributed by atoms with Crippen LogP contribution in [0.3, 0.4) is 0 Å². The molecule has 0 N–H and O–H groups in total. The smallest absolute Gasteiger partial charge is 0.287 e. The molecule has 5 aromatic carbocycles. The van der Waals surface area contributed by atoms with Crippen molar-refractivity contribution in [1.29, 1.82) is 0 Å². The predicted octanol–water partition coefficient (Wildman–Crippen LogP) is 14.6. The highest BCUT2D eigenvalue weighted by molar-refractivity contribution is 7.20. The minimum absolute atomic E-state index is 0.154. The highest BCUT2D eigenvalue weighted by Crippen LogP contribution is 2.41. The largest absolute Gasteiger partial charge is 0.416 e. The number of carbonyl (C=O) groups is 1. The minimum Gasteiger partial charge on any atom is -0.287 e. The molecule has 6 rings (SSSR count). The molecule has 0 fully saturated rings. The van der Waals surface area contributed by atoms with E-state index >= 15 is 0 Å². The van der Waals surface area contributed by atoms with Gasteiger partial charge in [-0.05, 0) is 30.7 Å². The third kappa shape index (κ3) is 13.8. The average molecular weight is 1120 g/mol. The van der Waals surface area contributed by atoms with E-state index < -0.39 is 195 Å². The highest BCUT2D eigenvalue weighted by Gasteiger charge is 2.47. The van der Waals surface area contributed by atoms with Crippen molar-refractivity contribution in [3.05, 3.63) is 183 Å². The number of aromatic nitrogens is 1. The Labute approximate surface area is 413 Å². The van der Waals surface area contributed by atoms with Gasteiger partial charge in [0.15, 0.2) is 11.9 Å². The molecule has 76 heavy (non-hydrogen) atoms. The normalized spacial score (nSPS) is 13.8. The summed E-state index contributed by atoms with van der Waals surface area (Å²) in [6, 6.07) is 6.77. The number of alkyl halides is 24. The number of benzene rings is 5. The first-order valence-electron chi connectivity index (χ1n) is 21.4. The zero-order valence-corrected chi connectivity index (χ0v) is 38.1. The molecule has 1 atom stereocenters. The lowest BCUT2D eigenvalue weighted by Crippen LogP contribution is -2.75. The van der Waals surface area contributed by atoms with E-state index in [1.54, 1.807) is 0 Å². The first-order chi connectivity index (χ1) is 34.5. The molecule has 0 aliphatic rings. The van der Waals surface area contributed by atoms with E-state index in [0.717, 1.165) is 12.0 Å². The molecule has 1 aromatic heterocycles. The number of hydrogen-bond donors (Lipinski definition) is 0. The molecule has 0 radical (unpaired) electrons. The van der Waals surface area contributed by atoms with E-state index in [4.69, 9.17) is 0 Å². The lowest BCUT2D eigenvalue weighted by molar-refractivity contribution is -0.691. The molecule has 0 bridgehead atoms. The molecule has 0 aliphatic heterocycles. The van der Waals surface area contributed by atoms with Crippen LogP contribution in [0.2, 0.25) is 0 Å². The van der Waals surface area contributed by atoms with Gasteiger partial charge in [0.05, 0.1) is 44.5 Å². The number of ketones is 1. The van der Waals surface area contributed by atoms with E-state index in [9.17, 15) is 110 Å². The molecular formula is C49H32BF24NO. The van der Waals surface area contributed by atoms with Gasteiger partial charge in [-0.15, -0.1) is 0 Å². The second-order valence-corrected chi connectivity index (χ2v) is 17.1. The lowest BCUT2D eigenvalue weighted by atomic mass is 9.12. The Hall–Kier alpha value is -6.70. The van der Waals surface area contributed by atoms with E-state index in [1.165, 1.54) is 5.69 Å². The highest BCUT2D eigenvalue weighted by atomic mass is 19.4. The van der Waals surface area contributed by atoms with Crippen molar-refractivity contribution < 1.29 is 115 Å². The standard InChI is InChI=1S/C32H12BF24.C17H20NO/c34-25(35,36)13-1-14(26(37,38)39)6-21(5-13)33(22-7-15(27(40,41)42)2-16(8-22)28(43,44)45,23-9-17(29(46,47)48)3-18(10-23)30(49,50)51)24-11-19(31(52,53)54)4-20(12-24)32(55,56)57;1-3-14(2)16-11-7-8-12-18(16)13-17(19)15-9-5-4-6-10-15/h1-12H;4-12,14H,3,13H2,1-2H3/q-1;+1. The molecule has 410 valence electrons. The van der Waals surface area contributed by atoms with Gasteiger partial charge >= 0.3 is 49.4 Å². The molecule has 0 aliphatic carbocycles. The van der Waals surface area contributed by atoms with Crippen molar-refractivity contribution in [2.24, 2.45) is 0 Å². The van der Waals surface area contributed by atoms with Gasteiger partial charge in [-0.3, -0.25) is 4.79 Å². The zero-order valence-electron chi connectivity index (χ0n) is 38.1. The fraction of sp³-hybridized carbons (Fsp3) is 0.265. The third-order valence-corrected chi connectivity index (χ3v) is 11.9. The Balaban J connectivity index is 0.000000468. The maximum atomic E-state index is 14.2. The fourth-order valence-electron chi connectivity index (χ4n) is 8.23. The number of pyridine rings is 1. The first kappa shape index (κ1) is 60.2. The van der Waals surface area contributed by atoms with Gasteiger partial charge in [-0.2, -0.15) is 132 Å². The van der Waals surface area contributed by atoms with Gasteiger partial charge in [0.25, 0.3) is 0 Å². The van der Waals surface area contributed by atoms with Crippen LogP contribution in [0.1, 0.15) is 86.7 Å². The Morgan fingerprint density at radius 3 is 0.882 bits per heavy atom. The summed E-state index contributed by atoms with van der Waals surface area (Å²) in [6.07, 6.45) is -51.7. The van der Waals surface area contributed by atoms with Crippen LogP contribution in [0.4, 0.5) is 105 Å². The van der Waals surface area contributed by atoms with Crippen LogP contribution in [0.5, 0.6) is 0 Å². The maximum Gasteiger partial charge on any atom is 0.416 e. The maximum absolute atomic E-state index is 14.2. The van der Waals surface area contributed by atoms with Crippen molar-refractivity contribution in [3.8, 4) is 0 Å². The second kappa shape index (κ2) is 21.0. The molecule has 0 spiro atoms. The van der Waals surface area contributed by atoms with Crippen LogP contribution in [0, 0.1) is 0 Å². The molecule has 0 saturated heterocycles. The number of carbonyl (C=O) groups excluding carboxylic acids is 1. The molecule has 27 heteroatoms. The number of nitrogens with zero attached hydrogens (tertiary/aromatic N) is 1. The van der Waals surface area contributed by atoms with Gasteiger partial charge < -0.3 is 0 Å². The molecule has 0 saturated carbocycles. The summed E-state index contributed by atoms with van der Waals surface area (Å²) in [5, 5.41) is 0. The first-order valence-corrected chi connectivity index (χ1v) is 21.4. The molecule has 2 nitrogen and oxygen atoms in total. The summed E-state index contributed by atoms with van der Waals surface area (Å²) >= 11 is 0. The molecule has 0 amide bonds. The quantitative estimate of drug-likeness (QED) is 0.0612. The van der Waals surface area contributed by atoms with E-state index in [2.05, 4.69) is 24.5 Å². The fourth-order valence-corrected chi connectivity index (χ4v) is 8.23. The van der Waals surface area contributed by atoms with Gasteiger partial charge in [0.1, 0.15) is 6.15 Å². The Kier molecular flexibility index (Phi) is 16.6. The zero-order chi connectivity index (χ0) is 57.6. The van der Waals surface area contributed by atoms with Crippen LogP contribution < -0.4 is 26.4 Å². The number of hydrogen-bond acceptors (Lipinski definition) is 1. The summed E-state index contributed by atoms with van der Waals surface area (Å²) in [5.41, 5.74) is -28.2. The summed E-state index contributed by atoms with van der Waals surface area (Å²) in [4.78, 5) is 12.3. The van der Waals surface area contributed by atoms with Crippen molar-refractivity contribution >= 4 is 33.8 Å². The van der Waals surface area contributed by atoms with E-state index in [1.807, 2.05) is 48.7 Å². The molecule has 1 unspecified atom stereocenters. The van der Waals surface area contributed by atoms with Gasteiger partial charge in [0.2, 0.25) is 12.3 Å². The molecule has 1 heterocycles. The van der Waals surface area contributed by atoms with Crippen LogP contribution in [-0.2, 0) is 56.0 Å². The topological polar surface area (TPSA) is 20.9 Å². The second-order valence-electron chi connectivity index (χ2n) is 17.1. The van der Waals surface area contributed by atoms with E-state index in [-0.39, 0.29) is 5.78 Å². The van der Waals surface area contributed by atoms with Crippen LogP contribution in [0.15, 0.2) is 128 Å². The Morgan fingerprint density at radius 2 is 0.645 bits per heavy atom. The number of Topliss-reactive ketones (excluding diaryl/α,β-unsaturated/α-hetero) is 1. The predicted molar refractivity (Wildman–Crippen MR) is 226 cm³/mol. The van der Waals surface area contributed by atoms with Crippen molar-refractivity contribution in [2.75, 3.05) is 0 Å². The van der Waals surface area contributed by atoms with Crippen molar-refractivity contribution in [2.45, 2.75) is 82.1 Å². The summed E-state index contributed by atoms with van der Waals surface area (Å²) < 4.78 is 343. The molecule has 6 aromatic rings. The van der Waals surface area contributed by atoms with E-state index in [0.29, 0.717) is 12.5 Å². The summed E-state index contributed by atoms with van der Waals surface area (Å²) in [5.74, 6) is 0.617. The average Bonchev–Trinajstić information content (AvgIpc) is 3.29. The van der Waals surface area contributed by atoms with Crippen LogP contribution >= 0.6 is 0 Å². The van der Waals surface area contributed by atoms with Crippen molar-refractivity contribution in [1.82, 2.24) is 0 Å². The van der Waals surface area contributed by atoms with Gasteiger partial charge in [-0.25, -0.2) is 0 Å². The SMILES string of the molecule is CCC(C)c1cccc[n+]1CC(=O)c1ccccc1.FC(F)(F)c1cc([B-](c2cc(C(F)(F)F)cc(C(F)(F)F)c2)(c2cc(C(F)(F)F)cc(C(F)(F)F)c2)c2cc(C(F)(F)F)cc(C(F)(F)F)c2)cc(C(F)(F)F)c1. The number of rotatable bonds is 9. The van der Waals surface area contributed by atoms with Crippen molar-refractivity contribution in [3.63, 3.8) is 0 Å². The summed E-state index contributed by atoms with van der Waals surface area (Å²) in [7, 11) is 0. The number of halogens is 24. The molecular weight excluding hydrogens is 1090 g/mol. The van der Waals surface area contributed by atoms with Gasteiger partial charge in [-0.1, -0.05) is 98.8 Å². The monoisotopic (exact) mass is 1120 g/mol. The summed E-state index contributed by atoms with van der Waals surface area (Å²) in [6.45, 7) is 4.77. The Morgan fingerprint density at radius 1 is 0.395 bits per heavy atom. The van der Waals surface area contributed by atoms with Crippen LogP contribution in [0.25, 0.3) is 0 Å². The Bertz CT molecular complexity index is 2590. The third-order valence-electron chi connectivity index (χ3n) is 11.9.